The summed E-state index contributed by atoms with van der Waals surface area (Å²) in [6.07, 6.45) is -0.857. The van der Waals surface area contributed by atoms with E-state index in [0.29, 0.717) is 18.8 Å². The maximum Gasteiger partial charge on any atom is 0.344 e. The van der Waals surface area contributed by atoms with Crippen molar-refractivity contribution in [3.8, 4) is 5.75 Å². The highest BCUT2D eigenvalue weighted by Crippen LogP contribution is 2.18. The van der Waals surface area contributed by atoms with Crippen molar-refractivity contribution in [3.63, 3.8) is 0 Å². The molecule has 0 fully saturated rings. The molecule has 0 aliphatic heterocycles. The quantitative estimate of drug-likeness (QED) is 0.668. The van der Waals surface area contributed by atoms with E-state index in [1.54, 1.807) is 18.2 Å². The molecule has 1 aromatic carbocycles. The Morgan fingerprint density at radius 3 is 3.00 bits per heavy atom. The van der Waals surface area contributed by atoms with Crippen LogP contribution >= 0.6 is 0 Å². The van der Waals surface area contributed by atoms with Crippen molar-refractivity contribution in [1.29, 1.82) is 0 Å². The number of nitrogens with two attached hydrogens (primary N) is 1. The number of ether oxygens (including phenoxy) is 1. The molecule has 0 aliphatic rings. The molecule has 1 atom stereocenters. The average molecular weight is 224 g/mol. The van der Waals surface area contributed by atoms with Crippen LogP contribution in [0.5, 0.6) is 5.75 Å². The number of carbonyl (C=O) groups is 1. The number of hydrogen-bond acceptors (Lipinski definition) is 4. The lowest BCUT2D eigenvalue weighted by atomic mass is 10.3. The van der Waals surface area contributed by atoms with Gasteiger partial charge in [0.1, 0.15) is 5.75 Å². The Morgan fingerprint density at radius 2 is 2.38 bits per heavy atom. The van der Waals surface area contributed by atoms with Gasteiger partial charge in [0.25, 0.3) is 0 Å². The minimum Gasteiger partial charge on any atom is -0.479 e. The SMILES string of the molecule is CC(Oc1cccc(NCCN)c1)C(=O)O. The second-order valence-corrected chi connectivity index (χ2v) is 3.34. The van der Waals surface area contributed by atoms with Crippen LogP contribution < -0.4 is 15.8 Å². The predicted octanol–water partition coefficient (Wildman–Crippen LogP) is 0.909. The van der Waals surface area contributed by atoms with Crippen LogP contribution in [0.1, 0.15) is 6.92 Å². The van der Waals surface area contributed by atoms with Crippen LogP contribution in [0.15, 0.2) is 24.3 Å². The summed E-state index contributed by atoms with van der Waals surface area (Å²) in [6.45, 7) is 2.69. The third-order valence-electron chi connectivity index (χ3n) is 1.97. The highest BCUT2D eigenvalue weighted by atomic mass is 16.5. The topological polar surface area (TPSA) is 84.6 Å². The standard InChI is InChI=1S/C11H16N2O3/c1-8(11(14)15)16-10-4-2-3-9(7-10)13-6-5-12/h2-4,7-8,13H,5-6,12H2,1H3,(H,14,15). The highest BCUT2D eigenvalue weighted by Gasteiger charge is 2.12. The van der Waals surface area contributed by atoms with E-state index >= 15 is 0 Å². The van der Waals surface area contributed by atoms with Crippen LogP contribution in [0.3, 0.4) is 0 Å². The number of carboxylic acids is 1. The van der Waals surface area contributed by atoms with Gasteiger partial charge in [0.2, 0.25) is 0 Å². The van der Waals surface area contributed by atoms with Gasteiger partial charge in [-0.2, -0.15) is 0 Å². The summed E-state index contributed by atoms with van der Waals surface area (Å²) < 4.78 is 5.23. The molecule has 0 heterocycles. The van der Waals surface area contributed by atoms with Crippen LogP contribution in [-0.4, -0.2) is 30.3 Å². The molecule has 1 unspecified atom stereocenters. The summed E-state index contributed by atoms with van der Waals surface area (Å²) in [7, 11) is 0. The van der Waals surface area contributed by atoms with Crippen LogP contribution in [0.4, 0.5) is 5.69 Å². The second kappa shape index (κ2) is 5.97. The summed E-state index contributed by atoms with van der Waals surface area (Å²) >= 11 is 0. The second-order valence-electron chi connectivity index (χ2n) is 3.34. The first-order valence-corrected chi connectivity index (χ1v) is 5.07. The Labute approximate surface area is 94.2 Å². The zero-order valence-corrected chi connectivity index (χ0v) is 9.14. The van der Waals surface area contributed by atoms with E-state index in [9.17, 15) is 4.79 Å². The van der Waals surface area contributed by atoms with Gasteiger partial charge in [-0.25, -0.2) is 4.79 Å². The Balaban J connectivity index is 2.63. The Bertz CT molecular complexity index is 355. The molecule has 0 amide bonds. The van der Waals surface area contributed by atoms with Crippen LogP contribution in [0, 0.1) is 0 Å². The van der Waals surface area contributed by atoms with Crippen LogP contribution in [0.2, 0.25) is 0 Å². The number of carboxylic acid groups (broad SMARTS) is 1. The normalized spacial score (nSPS) is 11.9. The molecule has 88 valence electrons. The van der Waals surface area contributed by atoms with Crippen molar-refractivity contribution >= 4 is 11.7 Å². The monoisotopic (exact) mass is 224 g/mol. The van der Waals surface area contributed by atoms with Gasteiger partial charge in [0.05, 0.1) is 0 Å². The van der Waals surface area contributed by atoms with Crippen LogP contribution in [0.25, 0.3) is 0 Å². The zero-order valence-electron chi connectivity index (χ0n) is 9.14. The van der Waals surface area contributed by atoms with Gasteiger partial charge in [-0.15, -0.1) is 0 Å². The fourth-order valence-electron chi connectivity index (χ4n) is 1.15. The third-order valence-corrected chi connectivity index (χ3v) is 1.97. The predicted molar refractivity (Wildman–Crippen MR) is 61.7 cm³/mol. The van der Waals surface area contributed by atoms with Crippen molar-refractivity contribution < 1.29 is 14.6 Å². The Hall–Kier alpha value is -1.75. The summed E-state index contributed by atoms with van der Waals surface area (Å²) in [5.74, 6) is -0.461. The molecule has 0 aliphatic carbocycles. The van der Waals surface area contributed by atoms with Crippen molar-refractivity contribution in [2.24, 2.45) is 5.73 Å². The number of nitrogens with one attached hydrogen (secondary N) is 1. The molecule has 16 heavy (non-hydrogen) atoms. The summed E-state index contributed by atoms with van der Waals surface area (Å²) in [5.41, 5.74) is 6.23. The van der Waals surface area contributed by atoms with Crippen molar-refractivity contribution in [1.82, 2.24) is 0 Å². The maximum absolute atomic E-state index is 10.6. The zero-order chi connectivity index (χ0) is 12.0. The molecule has 5 nitrogen and oxygen atoms in total. The van der Waals surface area contributed by atoms with Crippen LogP contribution in [-0.2, 0) is 4.79 Å². The highest BCUT2D eigenvalue weighted by molar-refractivity contribution is 5.72. The lowest BCUT2D eigenvalue weighted by Gasteiger charge is -2.12. The maximum atomic E-state index is 10.6. The summed E-state index contributed by atoms with van der Waals surface area (Å²) in [5, 5.41) is 11.8. The summed E-state index contributed by atoms with van der Waals surface area (Å²) in [4.78, 5) is 10.6. The molecule has 0 aromatic heterocycles. The van der Waals surface area contributed by atoms with Crippen molar-refractivity contribution in [2.75, 3.05) is 18.4 Å². The van der Waals surface area contributed by atoms with Gasteiger partial charge in [0, 0.05) is 24.8 Å². The number of rotatable bonds is 6. The third kappa shape index (κ3) is 3.78. The van der Waals surface area contributed by atoms with Gasteiger partial charge in [-0.3, -0.25) is 0 Å². The minimum absolute atomic E-state index is 0.525. The van der Waals surface area contributed by atoms with E-state index in [1.807, 2.05) is 6.07 Å². The van der Waals surface area contributed by atoms with E-state index in [0.717, 1.165) is 5.69 Å². The van der Waals surface area contributed by atoms with Gasteiger partial charge < -0.3 is 20.9 Å². The van der Waals surface area contributed by atoms with Gasteiger partial charge in [0.15, 0.2) is 6.10 Å². The fraction of sp³-hybridized carbons (Fsp3) is 0.364. The molecule has 0 radical (unpaired) electrons. The first-order chi connectivity index (χ1) is 7.63. The van der Waals surface area contributed by atoms with Gasteiger partial charge in [-0.1, -0.05) is 6.07 Å². The Morgan fingerprint density at radius 1 is 1.62 bits per heavy atom. The van der Waals surface area contributed by atoms with E-state index < -0.39 is 12.1 Å². The molecule has 1 rings (SSSR count). The molecular formula is C11H16N2O3. The fourth-order valence-corrected chi connectivity index (χ4v) is 1.15. The lowest BCUT2D eigenvalue weighted by Crippen LogP contribution is -2.22. The summed E-state index contributed by atoms with van der Waals surface area (Å²) in [6, 6.07) is 7.12. The molecule has 4 N–H and O–H groups in total. The molecule has 0 saturated carbocycles. The molecule has 5 heteroatoms. The first kappa shape index (κ1) is 12.3. The molecular weight excluding hydrogens is 208 g/mol. The van der Waals surface area contributed by atoms with E-state index in [-0.39, 0.29) is 0 Å². The smallest absolute Gasteiger partial charge is 0.344 e. The van der Waals surface area contributed by atoms with Crippen molar-refractivity contribution in [2.45, 2.75) is 13.0 Å². The van der Waals surface area contributed by atoms with E-state index in [1.165, 1.54) is 6.92 Å². The lowest BCUT2D eigenvalue weighted by molar-refractivity contribution is -0.144. The van der Waals surface area contributed by atoms with E-state index in [4.69, 9.17) is 15.6 Å². The average Bonchev–Trinajstić information content (AvgIpc) is 2.26. The number of hydrogen-bond donors (Lipinski definition) is 3. The number of aliphatic carboxylic acids is 1. The van der Waals surface area contributed by atoms with E-state index in [2.05, 4.69) is 5.32 Å². The van der Waals surface area contributed by atoms with Crippen molar-refractivity contribution in [3.05, 3.63) is 24.3 Å². The molecule has 0 saturated heterocycles. The first-order valence-electron chi connectivity index (χ1n) is 5.07. The molecule has 0 spiro atoms. The van der Waals surface area contributed by atoms with Gasteiger partial charge in [-0.05, 0) is 19.1 Å². The largest absolute Gasteiger partial charge is 0.479 e. The molecule has 1 aromatic rings. The van der Waals surface area contributed by atoms with Gasteiger partial charge >= 0.3 is 5.97 Å². The number of anilines is 1. The minimum atomic E-state index is -0.986. The number of benzene rings is 1. The molecule has 0 bridgehead atoms. The Kier molecular flexibility index (Phi) is 4.60.